The van der Waals surface area contributed by atoms with Crippen molar-refractivity contribution in [2.45, 2.75) is 26.3 Å². The molecule has 0 aliphatic heterocycles. The molecule has 0 aromatic heterocycles. The molecule has 0 aliphatic carbocycles. The zero-order valence-electron chi connectivity index (χ0n) is 9.89. The van der Waals surface area contributed by atoms with Gasteiger partial charge in [-0.3, -0.25) is 4.79 Å². The van der Waals surface area contributed by atoms with E-state index in [-0.39, 0.29) is 23.6 Å². The maximum Gasteiger partial charge on any atom is 0.218 e. The number of benzene rings is 1. The average Bonchev–Trinajstić information content (AvgIpc) is 2.22. The molecule has 0 radical (unpaired) electrons. The zero-order valence-corrected chi connectivity index (χ0v) is 9.89. The summed E-state index contributed by atoms with van der Waals surface area (Å²) in [5.41, 5.74) is 5.50. The first-order chi connectivity index (χ1) is 7.91. The van der Waals surface area contributed by atoms with Crippen LogP contribution < -0.4 is 11.1 Å². The number of carbonyl (C=O) groups excluding carboxylic acids is 1. The third kappa shape index (κ3) is 3.78. The highest BCUT2D eigenvalue weighted by molar-refractivity contribution is 5.73. The van der Waals surface area contributed by atoms with Crippen molar-refractivity contribution in [1.29, 1.82) is 0 Å². The molecule has 1 aromatic rings. The summed E-state index contributed by atoms with van der Waals surface area (Å²) in [6.07, 6.45) is 0.167. The van der Waals surface area contributed by atoms with Crippen molar-refractivity contribution in [3.8, 4) is 0 Å². The third-order valence-electron chi connectivity index (χ3n) is 2.57. The Hall–Kier alpha value is -1.49. The van der Waals surface area contributed by atoms with E-state index < -0.39 is 17.5 Å². The van der Waals surface area contributed by atoms with Crippen LogP contribution in [0.3, 0.4) is 0 Å². The molecule has 0 saturated heterocycles. The second-order valence-electron chi connectivity index (χ2n) is 4.02. The van der Waals surface area contributed by atoms with Gasteiger partial charge in [-0.25, -0.2) is 8.78 Å². The fourth-order valence-corrected chi connectivity index (χ4v) is 1.52. The molecule has 1 amide bonds. The van der Waals surface area contributed by atoms with Crippen molar-refractivity contribution >= 4 is 5.91 Å². The van der Waals surface area contributed by atoms with Gasteiger partial charge < -0.3 is 11.1 Å². The largest absolute Gasteiger partial charge is 0.370 e. The van der Waals surface area contributed by atoms with Crippen molar-refractivity contribution in [2.24, 2.45) is 5.73 Å². The van der Waals surface area contributed by atoms with Crippen molar-refractivity contribution in [2.75, 3.05) is 6.54 Å². The van der Waals surface area contributed by atoms with E-state index in [4.69, 9.17) is 5.73 Å². The number of carbonyl (C=O) groups is 1. The van der Waals surface area contributed by atoms with Gasteiger partial charge in [-0.1, -0.05) is 0 Å². The highest BCUT2D eigenvalue weighted by Gasteiger charge is 2.13. The number of aryl methyl sites for hydroxylation is 1. The molecule has 1 aromatic carbocycles. The van der Waals surface area contributed by atoms with Crippen molar-refractivity contribution in [1.82, 2.24) is 5.32 Å². The molecule has 3 nitrogen and oxygen atoms in total. The Morgan fingerprint density at radius 3 is 2.65 bits per heavy atom. The van der Waals surface area contributed by atoms with E-state index in [0.29, 0.717) is 6.54 Å². The van der Waals surface area contributed by atoms with Crippen LogP contribution >= 0.6 is 0 Å². The second kappa shape index (κ2) is 5.72. The first kappa shape index (κ1) is 13.6. The van der Waals surface area contributed by atoms with Gasteiger partial charge >= 0.3 is 0 Å². The molecule has 3 N–H and O–H groups in total. The maximum absolute atomic E-state index is 13.6. The Morgan fingerprint density at radius 2 is 2.06 bits per heavy atom. The molecule has 0 spiro atoms. The van der Waals surface area contributed by atoms with E-state index >= 15 is 0 Å². The zero-order chi connectivity index (χ0) is 13.0. The number of amides is 1. The van der Waals surface area contributed by atoms with Crippen LogP contribution in [-0.2, 0) is 4.79 Å². The van der Waals surface area contributed by atoms with Crippen LogP contribution in [0.5, 0.6) is 0 Å². The van der Waals surface area contributed by atoms with Gasteiger partial charge in [0, 0.05) is 24.6 Å². The number of hydrogen-bond donors (Lipinski definition) is 2. The van der Waals surface area contributed by atoms with Gasteiger partial charge in [0.1, 0.15) is 11.6 Å². The smallest absolute Gasteiger partial charge is 0.218 e. The fraction of sp³-hybridized carbons (Fsp3) is 0.417. The van der Waals surface area contributed by atoms with Crippen LogP contribution in [0.2, 0.25) is 0 Å². The standard InChI is InChI=1S/C12H16F2N2O/c1-7-5-11(14)9(6-10(7)13)8(2)16-4-3-12(15)17/h5-6,8,16H,3-4H2,1-2H3,(H2,15,17). The maximum atomic E-state index is 13.6. The molecule has 0 heterocycles. The lowest BCUT2D eigenvalue weighted by Gasteiger charge is -2.15. The minimum atomic E-state index is -0.456. The first-order valence-corrected chi connectivity index (χ1v) is 5.39. The average molecular weight is 242 g/mol. The molecular formula is C12H16F2N2O. The van der Waals surface area contributed by atoms with Crippen molar-refractivity contribution in [3.63, 3.8) is 0 Å². The van der Waals surface area contributed by atoms with Crippen LogP contribution in [-0.4, -0.2) is 12.5 Å². The van der Waals surface area contributed by atoms with Gasteiger partial charge in [-0.05, 0) is 31.5 Å². The van der Waals surface area contributed by atoms with Gasteiger partial charge in [0.15, 0.2) is 0 Å². The number of nitrogens with one attached hydrogen (secondary N) is 1. The molecule has 1 unspecified atom stereocenters. The molecule has 0 aliphatic rings. The lowest BCUT2D eigenvalue weighted by Crippen LogP contribution is -2.25. The molecule has 0 saturated carbocycles. The highest BCUT2D eigenvalue weighted by Crippen LogP contribution is 2.20. The summed E-state index contributed by atoms with van der Waals surface area (Å²) < 4.78 is 26.9. The van der Waals surface area contributed by atoms with E-state index in [9.17, 15) is 13.6 Å². The Bertz CT molecular complexity index is 421. The van der Waals surface area contributed by atoms with Crippen LogP contribution in [0.4, 0.5) is 8.78 Å². The lowest BCUT2D eigenvalue weighted by atomic mass is 10.0. The van der Waals surface area contributed by atoms with Gasteiger partial charge in [0.25, 0.3) is 0 Å². The van der Waals surface area contributed by atoms with Gasteiger partial charge in [0.05, 0.1) is 0 Å². The topological polar surface area (TPSA) is 55.1 Å². The lowest BCUT2D eigenvalue weighted by molar-refractivity contribution is -0.117. The minimum Gasteiger partial charge on any atom is -0.370 e. The van der Waals surface area contributed by atoms with Crippen LogP contribution in [0.15, 0.2) is 12.1 Å². The number of nitrogens with two attached hydrogens (primary N) is 1. The quantitative estimate of drug-likeness (QED) is 0.827. The molecule has 94 valence electrons. The Labute approximate surface area is 99.0 Å². The number of halogens is 2. The third-order valence-corrected chi connectivity index (χ3v) is 2.57. The highest BCUT2D eigenvalue weighted by atomic mass is 19.1. The summed E-state index contributed by atoms with van der Waals surface area (Å²) >= 11 is 0. The summed E-state index contributed by atoms with van der Waals surface area (Å²) in [6.45, 7) is 3.55. The van der Waals surface area contributed by atoms with E-state index in [1.807, 2.05) is 0 Å². The number of primary amides is 1. The van der Waals surface area contributed by atoms with Gasteiger partial charge in [-0.2, -0.15) is 0 Å². The second-order valence-corrected chi connectivity index (χ2v) is 4.02. The minimum absolute atomic E-state index is 0.167. The number of rotatable bonds is 5. The Morgan fingerprint density at radius 1 is 1.41 bits per heavy atom. The molecule has 0 bridgehead atoms. The van der Waals surface area contributed by atoms with E-state index in [1.54, 1.807) is 6.92 Å². The van der Waals surface area contributed by atoms with Gasteiger partial charge in [0.2, 0.25) is 5.91 Å². The Kier molecular flexibility index (Phi) is 4.57. The first-order valence-electron chi connectivity index (χ1n) is 5.39. The van der Waals surface area contributed by atoms with Crippen LogP contribution in [0, 0.1) is 18.6 Å². The van der Waals surface area contributed by atoms with E-state index in [1.165, 1.54) is 13.0 Å². The van der Waals surface area contributed by atoms with Crippen LogP contribution in [0.1, 0.15) is 30.5 Å². The van der Waals surface area contributed by atoms with Crippen LogP contribution in [0.25, 0.3) is 0 Å². The molecule has 0 fully saturated rings. The summed E-state index contributed by atoms with van der Waals surface area (Å²) in [5, 5.41) is 2.91. The molecule has 1 atom stereocenters. The normalized spacial score (nSPS) is 12.5. The molecule has 1 rings (SSSR count). The van der Waals surface area contributed by atoms with Gasteiger partial charge in [-0.15, -0.1) is 0 Å². The predicted molar refractivity (Wildman–Crippen MR) is 61.3 cm³/mol. The predicted octanol–water partition coefficient (Wildman–Crippen LogP) is 1.80. The monoisotopic (exact) mass is 242 g/mol. The summed E-state index contributed by atoms with van der Waals surface area (Å²) in [7, 11) is 0. The molecule has 5 heteroatoms. The summed E-state index contributed by atoms with van der Waals surface area (Å²) in [5.74, 6) is -1.33. The number of hydrogen-bond acceptors (Lipinski definition) is 2. The summed E-state index contributed by atoms with van der Waals surface area (Å²) in [4.78, 5) is 10.5. The Balaban J connectivity index is 2.71. The van der Waals surface area contributed by atoms with Crippen molar-refractivity contribution in [3.05, 3.63) is 34.9 Å². The SMILES string of the molecule is Cc1cc(F)c(C(C)NCCC(N)=O)cc1F. The van der Waals surface area contributed by atoms with E-state index in [2.05, 4.69) is 5.32 Å². The van der Waals surface area contributed by atoms with E-state index in [0.717, 1.165) is 6.07 Å². The van der Waals surface area contributed by atoms with Crippen molar-refractivity contribution < 1.29 is 13.6 Å². The fourth-order valence-electron chi connectivity index (χ4n) is 1.52. The molecular weight excluding hydrogens is 226 g/mol. The molecule has 17 heavy (non-hydrogen) atoms. The summed E-state index contributed by atoms with van der Waals surface area (Å²) in [6, 6.07) is 1.97.